The number of nitrogens with one attached hydrogen (secondary N) is 1. The van der Waals surface area contributed by atoms with Crippen molar-refractivity contribution in [1.82, 2.24) is 5.32 Å². The summed E-state index contributed by atoms with van der Waals surface area (Å²) in [6.07, 6.45) is 1.96. The van der Waals surface area contributed by atoms with E-state index in [1.807, 2.05) is 13.8 Å². The number of ether oxygens (including phenoxy) is 2. The van der Waals surface area contributed by atoms with E-state index in [9.17, 15) is 4.79 Å². The third-order valence-electron chi connectivity index (χ3n) is 3.33. The molecule has 0 aliphatic carbocycles. The van der Waals surface area contributed by atoms with Gasteiger partial charge in [-0.3, -0.25) is 4.79 Å². The number of nitrogens with two attached hydrogens (primary N) is 1. The van der Waals surface area contributed by atoms with Crippen LogP contribution in [0.25, 0.3) is 0 Å². The van der Waals surface area contributed by atoms with E-state index in [-0.39, 0.29) is 24.2 Å². The van der Waals surface area contributed by atoms with Crippen LogP contribution in [0.1, 0.15) is 44.0 Å². The first-order chi connectivity index (χ1) is 11.0. The second kappa shape index (κ2) is 12.2. The lowest BCUT2D eigenvalue weighted by atomic mass is 10.1. The smallest absolute Gasteiger partial charge is 0.251 e. The molecule has 0 aliphatic heterocycles. The Labute approximate surface area is 155 Å². The Morgan fingerprint density at radius 2 is 2.04 bits per heavy atom. The number of hydrogen-bond donors (Lipinski definition) is 2. The van der Waals surface area contributed by atoms with Crippen LogP contribution < -0.4 is 20.5 Å². The van der Waals surface area contributed by atoms with Crippen molar-refractivity contribution >= 4 is 29.9 Å². The van der Waals surface area contributed by atoms with E-state index in [1.165, 1.54) is 0 Å². The molecule has 0 aromatic heterocycles. The number of unbranched alkanes of at least 4 members (excludes halogenated alkanes) is 1. The van der Waals surface area contributed by atoms with Gasteiger partial charge in [-0.05, 0) is 37.9 Å². The minimum Gasteiger partial charge on any atom is -0.490 e. The molecule has 1 atom stereocenters. The predicted molar refractivity (Wildman–Crippen MR) is 101 cm³/mol. The van der Waals surface area contributed by atoms with Crippen LogP contribution in [0.4, 0.5) is 0 Å². The SMILES string of the molecule is CCCCOc1c(Cl)cc(C(=O)NCC(C)CN)cc1OCC.Cl. The van der Waals surface area contributed by atoms with Gasteiger partial charge in [0.05, 0.1) is 18.2 Å². The largest absolute Gasteiger partial charge is 0.490 e. The summed E-state index contributed by atoms with van der Waals surface area (Å²) in [7, 11) is 0. The summed E-state index contributed by atoms with van der Waals surface area (Å²) < 4.78 is 11.3. The Balaban J connectivity index is 0.00000529. The zero-order valence-electron chi connectivity index (χ0n) is 14.6. The molecule has 0 aliphatic rings. The molecule has 0 heterocycles. The highest BCUT2D eigenvalue weighted by Gasteiger charge is 2.16. The Hall–Kier alpha value is -1.17. The highest BCUT2D eigenvalue weighted by molar-refractivity contribution is 6.32. The Morgan fingerprint density at radius 1 is 1.33 bits per heavy atom. The highest BCUT2D eigenvalue weighted by Crippen LogP contribution is 2.36. The maximum atomic E-state index is 12.2. The molecule has 5 nitrogen and oxygen atoms in total. The average molecular weight is 379 g/mol. The van der Waals surface area contributed by atoms with Crippen LogP contribution in [0.15, 0.2) is 12.1 Å². The maximum Gasteiger partial charge on any atom is 0.251 e. The normalized spacial score (nSPS) is 11.4. The summed E-state index contributed by atoms with van der Waals surface area (Å²) in [5.74, 6) is 1.01. The second-order valence-corrected chi connectivity index (χ2v) is 5.88. The molecule has 3 N–H and O–H groups in total. The van der Waals surface area contributed by atoms with Gasteiger partial charge in [0.2, 0.25) is 0 Å². The van der Waals surface area contributed by atoms with Crippen molar-refractivity contribution < 1.29 is 14.3 Å². The Bertz CT molecular complexity index is 513. The van der Waals surface area contributed by atoms with E-state index in [4.69, 9.17) is 26.8 Å². The molecule has 1 amide bonds. The molecule has 0 fully saturated rings. The first-order valence-corrected chi connectivity index (χ1v) is 8.48. The van der Waals surface area contributed by atoms with Crippen LogP contribution in [-0.4, -0.2) is 32.2 Å². The van der Waals surface area contributed by atoms with E-state index in [1.54, 1.807) is 12.1 Å². The molecule has 0 saturated heterocycles. The molecule has 1 aromatic rings. The van der Waals surface area contributed by atoms with E-state index < -0.39 is 0 Å². The Kier molecular flexibility index (Phi) is 11.6. The van der Waals surface area contributed by atoms with Gasteiger partial charge in [-0.25, -0.2) is 0 Å². The summed E-state index contributed by atoms with van der Waals surface area (Å²) in [6.45, 7) is 8.01. The van der Waals surface area contributed by atoms with Crippen molar-refractivity contribution in [3.05, 3.63) is 22.7 Å². The zero-order chi connectivity index (χ0) is 17.2. The van der Waals surface area contributed by atoms with Crippen molar-refractivity contribution in [2.75, 3.05) is 26.3 Å². The fraction of sp³-hybridized carbons (Fsp3) is 0.588. The standard InChI is InChI=1S/C17H27ClN2O3.ClH/c1-4-6-7-23-16-14(18)8-13(9-15(16)22-5-2)17(21)20-11-12(3)10-19;/h8-9,12H,4-7,10-11,19H2,1-3H3,(H,20,21);1H. The molecule has 0 spiro atoms. The molecule has 0 saturated carbocycles. The summed E-state index contributed by atoms with van der Waals surface area (Å²) >= 11 is 6.28. The highest BCUT2D eigenvalue weighted by atomic mass is 35.5. The summed E-state index contributed by atoms with van der Waals surface area (Å²) in [4.78, 5) is 12.2. The van der Waals surface area contributed by atoms with Crippen molar-refractivity contribution in [2.45, 2.75) is 33.6 Å². The quantitative estimate of drug-likeness (QED) is 0.609. The van der Waals surface area contributed by atoms with Gasteiger partial charge in [0.1, 0.15) is 0 Å². The van der Waals surface area contributed by atoms with E-state index in [0.29, 0.717) is 48.4 Å². The Morgan fingerprint density at radius 3 is 2.62 bits per heavy atom. The third kappa shape index (κ3) is 7.16. The number of halogens is 2. The maximum absolute atomic E-state index is 12.2. The van der Waals surface area contributed by atoms with Crippen molar-refractivity contribution in [3.63, 3.8) is 0 Å². The van der Waals surface area contributed by atoms with E-state index in [2.05, 4.69) is 12.2 Å². The predicted octanol–water partition coefficient (Wildman–Crippen LogP) is 3.66. The first kappa shape index (κ1) is 22.8. The molecule has 0 bridgehead atoms. The van der Waals surface area contributed by atoms with E-state index >= 15 is 0 Å². The summed E-state index contributed by atoms with van der Waals surface area (Å²) in [5.41, 5.74) is 6.00. The molecule has 1 aromatic carbocycles. The lowest BCUT2D eigenvalue weighted by Crippen LogP contribution is -2.31. The second-order valence-electron chi connectivity index (χ2n) is 5.47. The van der Waals surface area contributed by atoms with Crippen molar-refractivity contribution in [1.29, 1.82) is 0 Å². The van der Waals surface area contributed by atoms with E-state index in [0.717, 1.165) is 12.8 Å². The molecule has 0 radical (unpaired) electrons. The van der Waals surface area contributed by atoms with Gasteiger partial charge >= 0.3 is 0 Å². The fourth-order valence-electron chi connectivity index (χ4n) is 1.87. The molecule has 1 unspecified atom stereocenters. The number of carbonyl (C=O) groups is 1. The topological polar surface area (TPSA) is 73.6 Å². The number of amides is 1. The van der Waals surface area contributed by atoms with Gasteiger partial charge in [0, 0.05) is 12.1 Å². The van der Waals surface area contributed by atoms with Crippen LogP contribution in [-0.2, 0) is 0 Å². The van der Waals surface area contributed by atoms with Crippen LogP contribution in [0.2, 0.25) is 5.02 Å². The van der Waals surface area contributed by atoms with Gasteiger partial charge in [0.15, 0.2) is 11.5 Å². The van der Waals surface area contributed by atoms with Crippen LogP contribution in [0, 0.1) is 5.92 Å². The number of hydrogen-bond acceptors (Lipinski definition) is 4. The first-order valence-electron chi connectivity index (χ1n) is 8.10. The van der Waals surface area contributed by atoms with Gasteiger partial charge in [-0.15, -0.1) is 12.4 Å². The van der Waals surface area contributed by atoms with Crippen LogP contribution >= 0.6 is 24.0 Å². The molecule has 24 heavy (non-hydrogen) atoms. The molecular formula is C17H28Cl2N2O3. The monoisotopic (exact) mass is 378 g/mol. The van der Waals surface area contributed by atoms with Crippen LogP contribution in [0.5, 0.6) is 11.5 Å². The molecule has 138 valence electrons. The lowest BCUT2D eigenvalue weighted by molar-refractivity contribution is 0.0948. The third-order valence-corrected chi connectivity index (χ3v) is 3.61. The molecule has 1 rings (SSSR count). The van der Waals surface area contributed by atoms with Gasteiger partial charge < -0.3 is 20.5 Å². The lowest BCUT2D eigenvalue weighted by Gasteiger charge is -2.16. The van der Waals surface area contributed by atoms with Gasteiger partial charge in [0.25, 0.3) is 5.91 Å². The van der Waals surface area contributed by atoms with Gasteiger partial charge in [-0.1, -0.05) is 31.9 Å². The van der Waals surface area contributed by atoms with Crippen LogP contribution in [0.3, 0.4) is 0 Å². The number of rotatable bonds is 10. The minimum absolute atomic E-state index is 0. The number of benzene rings is 1. The average Bonchev–Trinajstić information content (AvgIpc) is 2.54. The fourth-order valence-corrected chi connectivity index (χ4v) is 2.14. The zero-order valence-corrected chi connectivity index (χ0v) is 16.1. The number of carbonyl (C=O) groups excluding carboxylic acids is 1. The minimum atomic E-state index is -0.201. The molecular weight excluding hydrogens is 351 g/mol. The summed E-state index contributed by atoms with van der Waals surface area (Å²) in [5, 5.41) is 3.22. The summed E-state index contributed by atoms with van der Waals surface area (Å²) in [6, 6.07) is 3.27. The van der Waals surface area contributed by atoms with Crippen molar-refractivity contribution in [2.24, 2.45) is 11.7 Å². The van der Waals surface area contributed by atoms with Gasteiger partial charge in [-0.2, -0.15) is 0 Å². The molecule has 7 heteroatoms. The van der Waals surface area contributed by atoms with Crippen molar-refractivity contribution in [3.8, 4) is 11.5 Å².